The molecule has 0 spiro atoms. The maximum absolute atomic E-state index is 12.8. The average Bonchev–Trinajstić information content (AvgIpc) is 3.88. The second kappa shape index (κ2) is 10.1. The maximum Gasteiger partial charge on any atom is 0.229 e. The van der Waals surface area contributed by atoms with E-state index < -0.39 is 0 Å². The molecule has 200 valence electrons. The molecule has 4 aromatic rings. The van der Waals surface area contributed by atoms with E-state index in [2.05, 4.69) is 48.4 Å². The van der Waals surface area contributed by atoms with E-state index in [1.807, 2.05) is 24.3 Å². The summed E-state index contributed by atoms with van der Waals surface area (Å²) in [6.45, 7) is 3.74. The molecule has 2 aliphatic carbocycles. The van der Waals surface area contributed by atoms with Gasteiger partial charge < -0.3 is 24.7 Å². The van der Waals surface area contributed by atoms with Crippen molar-refractivity contribution in [2.75, 3.05) is 41.8 Å². The highest BCUT2D eigenvalue weighted by molar-refractivity contribution is 6.30. The smallest absolute Gasteiger partial charge is 0.229 e. The van der Waals surface area contributed by atoms with E-state index in [1.54, 1.807) is 6.07 Å². The average molecular weight is 544 g/mol. The number of hydrogen-bond donors (Lipinski definition) is 2. The highest BCUT2D eigenvalue weighted by Crippen LogP contribution is 2.48. The Hall–Kier alpha value is -3.69. The second-order valence-electron chi connectivity index (χ2n) is 10.6. The third kappa shape index (κ3) is 5.29. The molecule has 4 heterocycles. The predicted molar refractivity (Wildman–Crippen MR) is 150 cm³/mol. The van der Waals surface area contributed by atoms with Gasteiger partial charge in [-0.3, -0.25) is 4.79 Å². The topological polar surface area (TPSA) is 96.7 Å². The van der Waals surface area contributed by atoms with Crippen molar-refractivity contribution in [2.24, 2.45) is 5.92 Å². The van der Waals surface area contributed by atoms with Crippen molar-refractivity contribution in [2.45, 2.75) is 37.6 Å². The first-order chi connectivity index (χ1) is 19.1. The van der Waals surface area contributed by atoms with E-state index in [0.29, 0.717) is 29.1 Å². The number of nitrogens with zero attached hydrogens (tertiary/aromatic N) is 5. The second-order valence-corrected chi connectivity index (χ2v) is 11.1. The molecule has 1 aromatic carbocycles. The summed E-state index contributed by atoms with van der Waals surface area (Å²) in [6.07, 6.45) is 9.09. The van der Waals surface area contributed by atoms with E-state index in [-0.39, 0.29) is 17.7 Å². The molecule has 0 bridgehead atoms. The zero-order chi connectivity index (χ0) is 26.3. The van der Waals surface area contributed by atoms with Gasteiger partial charge >= 0.3 is 0 Å². The van der Waals surface area contributed by atoms with Crippen LogP contribution < -0.4 is 15.5 Å². The molecule has 9 nitrogen and oxygen atoms in total. The number of pyridine rings is 1. The van der Waals surface area contributed by atoms with E-state index >= 15 is 0 Å². The lowest BCUT2D eigenvalue weighted by atomic mass is 10.1. The van der Waals surface area contributed by atoms with Crippen molar-refractivity contribution in [1.82, 2.24) is 19.4 Å². The molecule has 1 saturated heterocycles. The fourth-order valence-electron chi connectivity index (χ4n) is 5.43. The number of carbonyl (C=O) groups excluding carboxylic acids is 1. The highest BCUT2D eigenvalue weighted by atomic mass is 35.5. The number of amides is 1. The number of hydrogen-bond acceptors (Lipinski definition) is 7. The van der Waals surface area contributed by atoms with Crippen LogP contribution >= 0.6 is 11.6 Å². The lowest BCUT2D eigenvalue weighted by molar-refractivity contribution is -0.117. The van der Waals surface area contributed by atoms with E-state index in [4.69, 9.17) is 21.3 Å². The minimum absolute atomic E-state index is 0.0351. The van der Waals surface area contributed by atoms with Crippen molar-refractivity contribution in [1.29, 1.82) is 0 Å². The monoisotopic (exact) mass is 543 g/mol. The first-order valence-electron chi connectivity index (χ1n) is 13.6. The van der Waals surface area contributed by atoms with Crippen LogP contribution in [-0.4, -0.2) is 51.6 Å². The van der Waals surface area contributed by atoms with Crippen molar-refractivity contribution >= 4 is 40.5 Å². The van der Waals surface area contributed by atoms with Crippen LogP contribution in [0.1, 0.15) is 47.9 Å². The summed E-state index contributed by atoms with van der Waals surface area (Å²) in [4.78, 5) is 28.8. The first-order valence-corrected chi connectivity index (χ1v) is 13.9. The molecule has 1 aliphatic heterocycles. The lowest BCUT2D eigenvalue weighted by Gasteiger charge is -2.29. The Labute approximate surface area is 231 Å². The molecule has 3 fully saturated rings. The summed E-state index contributed by atoms with van der Waals surface area (Å²) in [5.74, 6) is 1.85. The van der Waals surface area contributed by atoms with Gasteiger partial charge in [-0.05, 0) is 60.4 Å². The van der Waals surface area contributed by atoms with Gasteiger partial charge in [-0.25, -0.2) is 15.0 Å². The zero-order valence-electron chi connectivity index (χ0n) is 21.5. The fourth-order valence-corrected chi connectivity index (χ4v) is 5.63. The van der Waals surface area contributed by atoms with Gasteiger partial charge in [0.15, 0.2) is 5.65 Å². The summed E-state index contributed by atoms with van der Waals surface area (Å²) in [6, 6.07) is 11.8. The fraction of sp³-hybridized carbons (Fsp3) is 0.379. The van der Waals surface area contributed by atoms with Crippen LogP contribution in [0.3, 0.4) is 0 Å². The number of imidazole rings is 1. The molecule has 3 aliphatic rings. The minimum atomic E-state index is -0.0750. The number of ether oxygens (including phenoxy) is 1. The summed E-state index contributed by atoms with van der Waals surface area (Å²) in [5, 5.41) is 6.98. The summed E-state index contributed by atoms with van der Waals surface area (Å²) in [7, 11) is 0. The summed E-state index contributed by atoms with van der Waals surface area (Å²) >= 11 is 6.12. The predicted octanol–water partition coefficient (Wildman–Crippen LogP) is 4.85. The highest BCUT2D eigenvalue weighted by Gasteiger charge is 2.44. The number of fused-ring (bicyclic) bond motifs is 1. The Kier molecular flexibility index (Phi) is 6.33. The zero-order valence-corrected chi connectivity index (χ0v) is 22.3. The van der Waals surface area contributed by atoms with Crippen LogP contribution in [-0.2, 0) is 16.1 Å². The Morgan fingerprint density at radius 3 is 2.72 bits per heavy atom. The first kappa shape index (κ1) is 24.4. The van der Waals surface area contributed by atoms with Gasteiger partial charge in [0.2, 0.25) is 5.91 Å². The third-order valence-electron chi connectivity index (χ3n) is 7.78. The van der Waals surface area contributed by atoms with Crippen LogP contribution in [0.15, 0.2) is 55.1 Å². The van der Waals surface area contributed by atoms with Gasteiger partial charge in [0.25, 0.3) is 0 Å². The van der Waals surface area contributed by atoms with Gasteiger partial charge in [-0.15, -0.1) is 0 Å². The van der Waals surface area contributed by atoms with Crippen molar-refractivity contribution in [3.8, 4) is 0 Å². The van der Waals surface area contributed by atoms with Crippen LogP contribution in [0.5, 0.6) is 0 Å². The van der Waals surface area contributed by atoms with Crippen molar-refractivity contribution in [3.63, 3.8) is 0 Å². The largest absolute Gasteiger partial charge is 0.378 e. The molecule has 2 unspecified atom stereocenters. The Morgan fingerprint density at radius 1 is 1.05 bits per heavy atom. The van der Waals surface area contributed by atoms with E-state index in [1.165, 1.54) is 30.4 Å². The quantitative estimate of drug-likeness (QED) is 0.328. The number of rotatable bonds is 8. The normalized spacial score (nSPS) is 20.7. The Morgan fingerprint density at radius 2 is 1.90 bits per heavy atom. The number of morpholine rings is 1. The third-order valence-corrected chi connectivity index (χ3v) is 8.01. The summed E-state index contributed by atoms with van der Waals surface area (Å²) < 4.78 is 7.73. The molecule has 2 atom stereocenters. The number of nitrogens with one attached hydrogen (secondary N) is 2. The van der Waals surface area contributed by atoms with Gasteiger partial charge in [-0.2, -0.15) is 0 Å². The maximum atomic E-state index is 12.8. The molecule has 2 N–H and O–H groups in total. The molecular formula is C29H30ClN7O2. The molecule has 10 heteroatoms. The van der Waals surface area contributed by atoms with Crippen LogP contribution in [0.25, 0.3) is 5.65 Å². The molecule has 2 saturated carbocycles. The standard InChI is InChI=1S/C29H30ClN7O2/c30-21-3-1-2-19(10-21)23-12-24(23)29(38)35-27-13-26(32-17-33-27)31-14-22-16-37-15-20(18-4-5-18)11-25(28(37)34-22)36-6-8-39-9-7-36/h1-3,10-11,13,15-18,23-24H,4-9,12,14H2,(H2,31,32,33,35,38). The number of halogens is 1. The van der Waals surface area contributed by atoms with Crippen molar-refractivity contribution < 1.29 is 9.53 Å². The van der Waals surface area contributed by atoms with Crippen LogP contribution in [0, 0.1) is 5.92 Å². The molecule has 7 rings (SSSR count). The summed E-state index contributed by atoms with van der Waals surface area (Å²) in [5.41, 5.74) is 5.54. The molecule has 3 aromatic heterocycles. The molecule has 1 amide bonds. The molecule has 39 heavy (non-hydrogen) atoms. The number of aromatic nitrogens is 4. The van der Waals surface area contributed by atoms with Gasteiger partial charge in [-0.1, -0.05) is 23.7 Å². The molecular weight excluding hydrogens is 514 g/mol. The van der Waals surface area contributed by atoms with Crippen LogP contribution in [0.4, 0.5) is 17.3 Å². The molecule has 0 radical (unpaired) electrons. The SMILES string of the molecule is O=C(Nc1cc(NCc2cn3cc(C4CC4)cc(N4CCOCC4)c3n2)ncn1)C1CC1c1cccc(Cl)c1. The Bertz CT molecular complexity index is 1530. The van der Waals surface area contributed by atoms with Crippen molar-refractivity contribution in [3.05, 3.63) is 77.0 Å². The van der Waals surface area contributed by atoms with Gasteiger partial charge in [0.05, 0.1) is 31.1 Å². The Balaban J connectivity index is 1.03. The van der Waals surface area contributed by atoms with Gasteiger partial charge in [0.1, 0.15) is 18.0 Å². The van der Waals surface area contributed by atoms with Gasteiger partial charge in [0, 0.05) is 42.5 Å². The number of anilines is 3. The van der Waals surface area contributed by atoms with Crippen LogP contribution in [0.2, 0.25) is 5.02 Å². The van der Waals surface area contributed by atoms with E-state index in [0.717, 1.165) is 49.6 Å². The van der Waals surface area contributed by atoms with E-state index in [9.17, 15) is 4.79 Å². The minimum Gasteiger partial charge on any atom is -0.378 e. The number of carbonyl (C=O) groups is 1. The number of benzene rings is 1. The lowest BCUT2D eigenvalue weighted by Crippen LogP contribution is -2.36.